The van der Waals surface area contributed by atoms with Crippen molar-refractivity contribution in [1.82, 2.24) is 10.3 Å². The molecule has 0 bridgehead atoms. The third-order valence-electron chi connectivity index (χ3n) is 3.46. The average molecular weight is 276 g/mol. The minimum Gasteiger partial charge on any atom is -0.306 e. The highest BCUT2D eigenvalue weighted by atomic mass is 32.1. The van der Waals surface area contributed by atoms with Crippen LogP contribution in [-0.2, 0) is 0 Å². The van der Waals surface area contributed by atoms with E-state index in [1.54, 1.807) is 11.3 Å². The molecule has 0 aliphatic carbocycles. The Bertz CT molecular complexity index is 473. The number of nitrogens with one attached hydrogen (secondary N) is 1. The summed E-state index contributed by atoms with van der Waals surface area (Å²) in [5, 5.41) is 4.86. The quantitative estimate of drug-likeness (QED) is 0.726. The average Bonchev–Trinajstić information content (AvgIpc) is 2.83. The van der Waals surface area contributed by atoms with Gasteiger partial charge in [-0.1, -0.05) is 38.3 Å². The topological polar surface area (TPSA) is 24.9 Å². The van der Waals surface area contributed by atoms with E-state index in [2.05, 4.69) is 50.4 Å². The zero-order valence-corrected chi connectivity index (χ0v) is 13.0. The minimum atomic E-state index is 0.342. The van der Waals surface area contributed by atoms with Crippen LogP contribution in [0.3, 0.4) is 0 Å². The predicted octanol–water partition coefficient (Wildman–Crippen LogP) is 4.92. The van der Waals surface area contributed by atoms with Gasteiger partial charge in [0.25, 0.3) is 0 Å². The molecule has 1 heterocycles. The third kappa shape index (κ3) is 4.02. The lowest BCUT2D eigenvalue weighted by Gasteiger charge is -2.18. The van der Waals surface area contributed by atoms with E-state index in [-0.39, 0.29) is 0 Å². The van der Waals surface area contributed by atoms with Crippen molar-refractivity contribution in [1.29, 1.82) is 0 Å². The Morgan fingerprint density at radius 2 is 2.00 bits per heavy atom. The lowest BCUT2D eigenvalue weighted by molar-refractivity contribution is 0.439. The smallest absolute Gasteiger partial charge is 0.111 e. The summed E-state index contributed by atoms with van der Waals surface area (Å²) >= 11 is 1.80. The van der Waals surface area contributed by atoms with Gasteiger partial charge < -0.3 is 5.32 Å². The van der Waals surface area contributed by atoms with Crippen molar-refractivity contribution >= 4 is 21.6 Å². The van der Waals surface area contributed by atoms with Gasteiger partial charge in [-0.25, -0.2) is 4.98 Å². The Morgan fingerprint density at radius 1 is 1.21 bits per heavy atom. The van der Waals surface area contributed by atoms with Gasteiger partial charge in [0.05, 0.1) is 16.3 Å². The van der Waals surface area contributed by atoms with Crippen molar-refractivity contribution in [2.45, 2.75) is 58.5 Å². The van der Waals surface area contributed by atoms with Crippen molar-refractivity contribution in [3.63, 3.8) is 0 Å². The molecular weight excluding hydrogens is 252 g/mol. The van der Waals surface area contributed by atoms with Crippen molar-refractivity contribution in [2.75, 3.05) is 0 Å². The molecule has 0 fully saturated rings. The summed E-state index contributed by atoms with van der Waals surface area (Å²) in [7, 11) is 0. The molecule has 0 spiro atoms. The van der Waals surface area contributed by atoms with E-state index in [9.17, 15) is 0 Å². The van der Waals surface area contributed by atoms with Crippen LogP contribution in [-0.4, -0.2) is 11.0 Å². The van der Waals surface area contributed by atoms with Gasteiger partial charge in [-0.2, -0.15) is 0 Å². The summed E-state index contributed by atoms with van der Waals surface area (Å²) in [6, 6.07) is 9.27. The summed E-state index contributed by atoms with van der Waals surface area (Å²) in [6.45, 7) is 6.75. The second-order valence-electron chi connectivity index (χ2n) is 5.31. The summed E-state index contributed by atoms with van der Waals surface area (Å²) < 4.78 is 1.28. The Hall–Kier alpha value is -0.930. The van der Waals surface area contributed by atoms with Gasteiger partial charge in [0.15, 0.2) is 0 Å². The van der Waals surface area contributed by atoms with Crippen molar-refractivity contribution in [3.05, 3.63) is 29.3 Å². The number of rotatable bonds is 7. The number of nitrogens with zero attached hydrogens (tertiary/aromatic N) is 1. The molecule has 19 heavy (non-hydrogen) atoms. The molecule has 0 saturated carbocycles. The molecule has 104 valence electrons. The van der Waals surface area contributed by atoms with Crippen LogP contribution in [0.1, 0.15) is 57.5 Å². The Labute approximate surface area is 120 Å². The summed E-state index contributed by atoms with van der Waals surface area (Å²) in [6.07, 6.45) is 5.20. The second-order valence-corrected chi connectivity index (χ2v) is 6.37. The molecule has 1 N–H and O–H groups in total. The van der Waals surface area contributed by atoms with E-state index >= 15 is 0 Å². The normalized spacial score (nSPS) is 14.7. The monoisotopic (exact) mass is 276 g/mol. The standard InChI is InChI=1S/C16H24N2S/c1-4-5-6-9-12(2)17-13(3)16-18-14-10-7-8-11-15(14)19-16/h7-8,10-13,17H,4-6,9H2,1-3H3. The molecule has 1 aromatic heterocycles. The van der Waals surface area contributed by atoms with Crippen LogP contribution >= 0.6 is 11.3 Å². The number of unbranched alkanes of at least 4 members (excludes halogenated alkanes) is 2. The molecule has 2 atom stereocenters. The molecule has 1 aromatic carbocycles. The third-order valence-corrected chi connectivity index (χ3v) is 4.68. The van der Waals surface area contributed by atoms with Crippen molar-refractivity contribution < 1.29 is 0 Å². The highest BCUT2D eigenvalue weighted by Crippen LogP contribution is 2.26. The van der Waals surface area contributed by atoms with Crippen LogP contribution in [0.2, 0.25) is 0 Å². The predicted molar refractivity (Wildman–Crippen MR) is 84.8 cm³/mol. The maximum atomic E-state index is 4.72. The van der Waals surface area contributed by atoms with Crippen molar-refractivity contribution in [3.8, 4) is 0 Å². The Morgan fingerprint density at radius 3 is 2.74 bits per heavy atom. The second kappa shape index (κ2) is 7.01. The fourth-order valence-corrected chi connectivity index (χ4v) is 3.34. The van der Waals surface area contributed by atoms with Crippen molar-refractivity contribution in [2.24, 2.45) is 0 Å². The maximum Gasteiger partial charge on any atom is 0.111 e. The SMILES string of the molecule is CCCCCC(C)NC(C)c1nc2ccccc2s1. The zero-order chi connectivity index (χ0) is 13.7. The van der Waals surface area contributed by atoms with Gasteiger partial charge in [-0.15, -0.1) is 11.3 Å². The number of fused-ring (bicyclic) bond motifs is 1. The van der Waals surface area contributed by atoms with Crippen LogP contribution in [0.5, 0.6) is 0 Å². The Balaban J connectivity index is 1.93. The first kappa shape index (κ1) is 14.5. The molecule has 0 saturated heterocycles. The van der Waals surface area contributed by atoms with Crippen LogP contribution in [0.15, 0.2) is 24.3 Å². The fourth-order valence-electron chi connectivity index (χ4n) is 2.36. The fraction of sp³-hybridized carbons (Fsp3) is 0.562. The van der Waals surface area contributed by atoms with E-state index in [0.29, 0.717) is 12.1 Å². The zero-order valence-electron chi connectivity index (χ0n) is 12.1. The molecule has 3 heteroatoms. The first-order valence-corrected chi connectivity index (χ1v) is 8.14. The molecule has 2 aromatic rings. The molecule has 2 rings (SSSR count). The summed E-state index contributed by atoms with van der Waals surface area (Å²) in [5.74, 6) is 0. The van der Waals surface area contributed by atoms with Crippen LogP contribution in [0.25, 0.3) is 10.2 Å². The van der Waals surface area contributed by atoms with Gasteiger partial charge in [0.1, 0.15) is 5.01 Å². The van der Waals surface area contributed by atoms with E-state index in [0.717, 1.165) is 5.52 Å². The molecule has 0 aliphatic rings. The molecule has 0 radical (unpaired) electrons. The number of hydrogen-bond acceptors (Lipinski definition) is 3. The highest BCUT2D eigenvalue weighted by Gasteiger charge is 2.13. The Kier molecular flexibility index (Phi) is 5.34. The number of aromatic nitrogens is 1. The van der Waals surface area contributed by atoms with Gasteiger partial charge in [0.2, 0.25) is 0 Å². The molecule has 2 unspecified atom stereocenters. The minimum absolute atomic E-state index is 0.342. The van der Waals surface area contributed by atoms with Gasteiger partial charge in [-0.05, 0) is 32.4 Å². The molecular formula is C16H24N2S. The largest absolute Gasteiger partial charge is 0.306 e. The summed E-state index contributed by atoms with van der Waals surface area (Å²) in [5.41, 5.74) is 1.12. The number of hydrogen-bond donors (Lipinski definition) is 1. The lowest BCUT2D eigenvalue weighted by atomic mass is 10.1. The summed E-state index contributed by atoms with van der Waals surface area (Å²) in [4.78, 5) is 4.72. The van der Waals surface area contributed by atoms with Gasteiger partial charge in [0, 0.05) is 6.04 Å². The lowest BCUT2D eigenvalue weighted by Crippen LogP contribution is -2.28. The van der Waals surface area contributed by atoms with E-state index in [1.807, 2.05) is 0 Å². The molecule has 2 nitrogen and oxygen atoms in total. The van der Waals surface area contributed by atoms with Gasteiger partial charge in [-0.3, -0.25) is 0 Å². The van der Waals surface area contributed by atoms with Crippen LogP contribution in [0, 0.1) is 0 Å². The van der Waals surface area contributed by atoms with Crippen LogP contribution < -0.4 is 5.32 Å². The number of benzene rings is 1. The number of para-hydroxylation sites is 1. The molecule has 0 aliphatic heterocycles. The maximum absolute atomic E-state index is 4.72. The van der Waals surface area contributed by atoms with Gasteiger partial charge >= 0.3 is 0 Å². The first-order valence-electron chi connectivity index (χ1n) is 7.32. The molecule has 0 amide bonds. The first-order chi connectivity index (χ1) is 9.20. The van der Waals surface area contributed by atoms with E-state index in [4.69, 9.17) is 4.98 Å². The highest BCUT2D eigenvalue weighted by molar-refractivity contribution is 7.18. The van der Waals surface area contributed by atoms with E-state index < -0.39 is 0 Å². The van der Waals surface area contributed by atoms with E-state index in [1.165, 1.54) is 35.4 Å². The number of thiazole rings is 1. The van der Waals surface area contributed by atoms with Crippen LogP contribution in [0.4, 0.5) is 0 Å².